The number of halogens is 4. The molecular weight excluding hydrogens is 651 g/mol. The Morgan fingerprint density at radius 2 is 1.54 bits per heavy atom. The molecule has 15 heteroatoms. The molecule has 1 aromatic heterocycles. The first kappa shape index (κ1) is 36.4. The van der Waals surface area contributed by atoms with E-state index < -0.39 is 41.4 Å². The summed E-state index contributed by atoms with van der Waals surface area (Å²) in [5, 5.41) is 12.2. The number of ether oxygens (including phenoxy) is 1. The first-order valence-electron chi connectivity index (χ1n) is 15.5. The molecule has 0 bridgehead atoms. The van der Waals surface area contributed by atoms with E-state index in [1.54, 1.807) is 36.4 Å². The van der Waals surface area contributed by atoms with Crippen LogP contribution in [0.2, 0.25) is 5.02 Å². The number of carbonyl (C=O) groups excluding carboxylic acids is 3. The largest absolute Gasteiger partial charge is 0.454 e. The zero-order valence-electron chi connectivity index (χ0n) is 27.1. The SMILES string of the molecule is CC(C)CCC(=O)C(=O)NCC(C)(C)CNC(=O)c1ccc(Nc2nc(NC3(c4ccc(Cl)cc4)CC3)nc(OCC(F)(F)F)n2)cc1. The molecule has 0 spiro atoms. The molecule has 1 aliphatic rings. The van der Waals surface area contributed by atoms with E-state index in [0.29, 0.717) is 28.6 Å². The van der Waals surface area contributed by atoms with E-state index >= 15 is 0 Å². The van der Waals surface area contributed by atoms with Crippen molar-refractivity contribution in [1.29, 1.82) is 0 Å². The number of rotatable bonds is 16. The Kier molecular flexibility index (Phi) is 11.5. The number of nitrogens with one attached hydrogen (secondary N) is 4. The van der Waals surface area contributed by atoms with Crippen molar-refractivity contribution in [2.24, 2.45) is 11.3 Å². The lowest BCUT2D eigenvalue weighted by Gasteiger charge is -2.25. The minimum absolute atomic E-state index is 0.0202. The second kappa shape index (κ2) is 15.2. The molecule has 4 rings (SSSR count). The Morgan fingerprint density at radius 1 is 0.917 bits per heavy atom. The molecule has 2 aromatic carbocycles. The fourth-order valence-corrected chi connectivity index (χ4v) is 4.67. The van der Waals surface area contributed by atoms with Crippen LogP contribution in [0.25, 0.3) is 0 Å². The van der Waals surface area contributed by atoms with Gasteiger partial charge in [0.15, 0.2) is 6.61 Å². The number of hydrogen-bond acceptors (Lipinski definition) is 9. The quantitative estimate of drug-likeness (QED) is 0.129. The second-order valence-corrected chi connectivity index (χ2v) is 13.4. The monoisotopic (exact) mass is 689 g/mol. The summed E-state index contributed by atoms with van der Waals surface area (Å²) in [6, 6.07) is 13.0. The molecular formula is C33H39ClF3N7O4. The highest BCUT2D eigenvalue weighted by molar-refractivity contribution is 6.36. The summed E-state index contributed by atoms with van der Waals surface area (Å²) in [5.41, 5.74) is 0.678. The van der Waals surface area contributed by atoms with Crippen molar-refractivity contribution in [1.82, 2.24) is 25.6 Å². The third kappa shape index (κ3) is 11.1. The van der Waals surface area contributed by atoms with Crippen molar-refractivity contribution in [3.8, 4) is 6.01 Å². The van der Waals surface area contributed by atoms with Gasteiger partial charge in [-0.2, -0.15) is 28.1 Å². The van der Waals surface area contributed by atoms with Crippen molar-refractivity contribution in [3.63, 3.8) is 0 Å². The van der Waals surface area contributed by atoms with Gasteiger partial charge in [-0.3, -0.25) is 14.4 Å². The van der Waals surface area contributed by atoms with E-state index in [1.165, 1.54) is 0 Å². The molecule has 258 valence electrons. The molecule has 1 heterocycles. The molecule has 1 saturated carbocycles. The summed E-state index contributed by atoms with van der Waals surface area (Å²) in [5.74, 6) is -1.19. The normalized spacial score (nSPS) is 13.9. The fourth-order valence-electron chi connectivity index (χ4n) is 4.54. The Hall–Kier alpha value is -4.46. The van der Waals surface area contributed by atoms with Gasteiger partial charge in [0, 0.05) is 35.8 Å². The maximum Gasteiger partial charge on any atom is 0.422 e. The minimum Gasteiger partial charge on any atom is -0.454 e. The maximum atomic E-state index is 12.9. The first-order chi connectivity index (χ1) is 22.5. The van der Waals surface area contributed by atoms with Gasteiger partial charge in [-0.1, -0.05) is 51.4 Å². The van der Waals surface area contributed by atoms with Crippen LogP contribution in [0.3, 0.4) is 0 Å². The lowest BCUT2D eigenvalue weighted by Crippen LogP contribution is -2.43. The molecule has 2 amide bonds. The number of Topliss-reactive ketones (excluding diaryl/α,β-unsaturated/α-hetero) is 1. The summed E-state index contributed by atoms with van der Waals surface area (Å²) in [4.78, 5) is 49.4. The van der Waals surface area contributed by atoms with E-state index in [2.05, 4.69) is 36.2 Å². The lowest BCUT2D eigenvalue weighted by molar-refractivity contribution is -0.154. The third-order valence-corrected chi connectivity index (χ3v) is 7.79. The van der Waals surface area contributed by atoms with Crippen LogP contribution < -0.4 is 26.0 Å². The Labute approximate surface area is 281 Å². The van der Waals surface area contributed by atoms with Crippen molar-refractivity contribution in [2.45, 2.75) is 65.1 Å². The molecule has 0 unspecified atom stereocenters. The first-order valence-corrected chi connectivity index (χ1v) is 15.9. The molecule has 0 aliphatic heterocycles. The fraction of sp³-hybridized carbons (Fsp3) is 0.455. The molecule has 1 aliphatic carbocycles. The second-order valence-electron chi connectivity index (χ2n) is 13.0. The van der Waals surface area contributed by atoms with Crippen molar-refractivity contribution < 1.29 is 32.3 Å². The van der Waals surface area contributed by atoms with E-state index in [1.807, 2.05) is 39.8 Å². The van der Waals surface area contributed by atoms with Gasteiger partial charge in [0.1, 0.15) is 0 Å². The summed E-state index contributed by atoms with van der Waals surface area (Å²) in [6.45, 7) is 6.50. The number of anilines is 3. The summed E-state index contributed by atoms with van der Waals surface area (Å²) in [6.07, 6.45) is -2.28. The van der Waals surface area contributed by atoms with Gasteiger partial charge in [-0.15, -0.1) is 0 Å². The highest BCUT2D eigenvalue weighted by Gasteiger charge is 2.45. The van der Waals surface area contributed by atoms with Crippen LogP contribution in [0.1, 0.15) is 69.3 Å². The average Bonchev–Trinajstić information content (AvgIpc) is 3.81. The van der Waals surface area contributed by atoms with Crippen molar-refractivity contribution in [3.05, 3.63) is 64.7 Å². The van der Waals surface area contributed by atoms with Gasteiger partial charge >= 0.3 is 12.2 Å². The van der Waals surface area contributed by atoms with Crippen LogP contribution in [-0.2, 0) is 15.1 Å². The van der Waals surface area contributed by atoms with Crippen LogP contribution >= 0.6 is 11.6 Å². The van der Waals surface area contributed by atoms with E-state index in [0.717, 1.165) is 18.4 Å². The van der Waals surface area contributed by atoms with Crippen LogP contribution in [0, 0.1) is 11.3 Å². The van der Waals surface area contributed by atoms with Crippen molar-refractivity contribution in [2.75, 3.05) is 30.3 Å². The van der Waals surface area contributed by atoms with Gasteiger partial charge in [0.05, 0.1) is 5.54 Å². The minimum atomic E-state index is -4.60. The number of hydrogen-bond donors (Lipinski definition) is 4. The lowest BCUT2D eigenvalue weighted by atomic mass is 9.93. The van der Waals surface area contributed by atoms with Crippen LogP contribution in [0.15, 0.2) is 48.5 Å². The predicted molar refractivity (Wildman–Crippen MR) is 175 cm³/mol. The van der Waals surface area contributed by atoms with Gasteiger partial charge < -0.3 is 26.0 Å². The van der Waals surface area contributed by atoms with Crippen LogP contribution in [0.5, 0.6) is 6.01 Å². The standard InChI is InChI=1S/C33H39ClF3N7O4/c1-20(2)5-14-25(45)27(47)39-18-31(3,4)17-38-26(46)21-6-12-24(13-7-21)40-28-41-29(43-30(42-28)48-19-33(35,36)37)44-32(15-16-32)22-8-10-23(34)11-9-22/h6-13,20H,5,14-19H2,1-4H3,(H,38,46)(H,39,47)(H2,40,41,42,43,44). The number of amides is 2. The zero-order chi connectivity index (χ0) is 35.1. The molecule has 0 radical (unpaired) electrons. The average molecular weight is 690 g/mol. The maximum absolute atomic E-state index is 12.9. The van der Waals surface area contributed by atoms with Gasteiger partial charge in [-0.05, 0) is 72.6 Å². The Balaban J connectivity index is 1.38. The number of benzene rings is 2. The topological polar surface area (TPSA) is 147 Å². The Bertz CT molecular complexity index is 1600. The van der Waals surface area contributed by atoms with Gasteiger partial charge in [0.25, 0.3) is 11.8 Å². The summed E-state index contributed by atoms with van der Waals surface area (Å²) in [7, 11) is 0. The number of carbonyl (C=O) groups is 3. The van der Waals surface area contributed by atoms with E-state index in [-0.39, 0.29) is 37.3 Å². The van der Waals surface area contributed by atoms with Gasteiger partial charge in [0.2, 0.25) is 17.7 Å². The van der Waals surface area contributed by atoms with E-state index in [9.17, 15) is 27.6 Å². The predicted octanol–water partition coefficient (Wildman–Crippen LogP) is 6.19. The molecule has 48 heavy (non-hydrogen) atoms. The molecule has 11 nitrogen and oxygen atoms in total. The van der Waals surface area contributed by atoms with Crippen LogP contribution in [0.4, 0.5) is 30.8 Å². The van der Waals surface area contributed by atoms with Crippen LogP contribution in [-0.4, -0.2) is 58.4 Å². The molecule has 4 N–H and O–H groups in total. The summed E-state index contributed by atoms with van der Waals surface area (Å²) < 4.78 is 43.5. The van der Waals surface area contributed by atoms with E-state index in [4.69, 9.17) is 16.3 Å². The smallest absolute Gasteiger partial charge is 0.422 e. The zero-order valence-corrected chi connectivity index (χ0v) is 27.9. The summed E-state index contributed by atoms with van der Waals surface area (Å²) >= 11 is 6.02. The highest BCUT2D eigenvalue weighted by Crippen LogP contribution is 2.48. The number of ketones is 1. The number of nitrogens with zero attached hydrogens (tertiary/aromatic N) is 3. The molecule has 0 atom stereocenters. The van der Waals surface area contributed by atoms with Gasteiger partial charge in [-0.25, -0.2) is 0 Å². The number of alkyl halides is 3. The number of aromatic nitrogens is 3. The Morgan fingerprint density at radius 3 is 2.15 bits per heavy atom. The highest BCUT2D eigenvalue weighted by atomic mass is 35.5. The molecule has 0 saturated heterocycles. The third-order valence-electron chi connectivity index (χ3n) is 7.54. The molecule has 1 fully saturated rings. The molecule has 3 aromatic rings. The van der Waals surface area contributed by atoms with Crippen molar-refractivity contribution >= 4 is 46.8 Å².